The maximum absolute atomic E-state index is 12.9. The van der Waals surface area contributed by atoms with Gasteiger partial charge in [0.15, 0.2) is 9.84 Å². The summed E-state index contributed by atoms with van der Waals surface area (Å²) in [4.78, 5) is 15.0. The van der Waals surface area contributed by atoms with Crippen LogP contribution in [0.15, 0.2) is 59.5 Å². The van der Waals surface area contributed by atoms with Gasteiger partial charge in [0.25, 0.3) is 5.91 Å². The Morgan fingerprint density at radius 1 is 1.10 bits per heavy atom. The first-order chi connectivity index (χ1) is 14.0. The van der Waals surface area contributed by atoms with E-state index in [9.17, 15) is 18.3 Å². The second-order valence-electron chi connectivity index (χ2n) is 7.49. The Bertz CT molecular complexity index is 915. The zero-order valence-electron chi connectivity index (χ0n) is 16.5. The molecule has 0 radical (unpaired) electrons. The number of sulfone groups is 1. The van der Waals surface area contributed by atoms with Crippen LogP contribution < -0.4 is 5.32 Å². The van der Waals surface area contributed by atoms with Crippen molar-refractivity contribution in [3.63, 3.8) is 0 Å². The molecule has 2 aromatic rings. The minimum Gasteiger partial charge on any atom is -0.396 e. The molecule has 6 nitrogen and oxygen atoms in total. The molecular weight excluding hydrogens is 388 g/mol. The highest BCUT2D eigenvalue weighted by molar-refractivity contribution is 7.90. The summed E-state index contributed by atoms with van der Waals surface area (Å²) in [6, 6.07) is 15.3. The Hall–Kier alpha value is -2.22. The molecule has 1 amide bonds. The molecule has 1 unspecified atom stereocenters. The van der Waals surface area contributed by atoms with Crippen LogP contribution in [0.1, 0.15) is 28.8 Å². The number of nitrogens with one attached hydrogen (secondary N) is 1. The Morgan fingerprint density at radius 2 is 1.83 bits per heavy atom. The summed E-state index contributed by atoms with van der Waals surface area (Å²) >= 11 is 0. The number of likely N-dealkylation sites (tertiary alicyclic amines) is 1. The zero-order valence-corrected chi connectivity index (χ0v) is 17.3. The van der Waals surface area contributed by atoms with Crippen molar-refractivity contribution in [3.8, 4) is 0 Å². The number of rotatable bonds is 8. The van der Waals surface area contributed by atoms with Gasteiger partial charge >= 0.3 is 0 Å². The maximum atomic E-state index is 12.9. The van der Waals surface area contributed by atoms with E-state index >= 15 is 0 Å². The lowest BCUT2D eigenvalue weighted by atomic mass is 9.99. The first-order valence-corrected chi connectivity index (χ1v) is 11.6. The van der Waals surface area contributed by atoms with Crippen LogP contribution in [0.4, 0.5) is 0 Å². The molecule has 29 heavy (non-hydrogen) atoms. The molecule has 1 atom stereocenters. The summed E-state index contributed by atoms with van der Waals surface area (Å²) in [6.07, 6.45) is 2.08. The van der Waals surface area contributed by atoms with E-state index in [0.717, 1.165) is 25.9 Å². The molecule has 0 aromatic heterocycles. The third-order valence-electron chi connectivity index (χ3n) is 5.24. The maximum Gasteiger partial charge on any atom is 0.252 e. The highest BCUT2D eigenvalue weighted by atomic mass is 32.2. The van der Waals surface area contributed by atoms with Crippen LogP contribution in [-0.4, -0.2) is 57.1 Å². The molecule has 0 saturated carbocycles. The van der Waals surface area contributed by atoms with Crippen LogP contribution >= 0.6 is 0 Å². The van der Waals surface area contributed by atoms with E-state index in [1.54, 1.807) is 42.5 Å². The van der Waals surface area contributed by atoms with E-state index in [-0.39, 0.29) is 28.7 Å². The van der Waals surface area contributed by atoms with Crippen molar-refractivity contribution >= 4 is 15.7 Å². The number of nitrogens with zero attached hydrogens (tertiary/aromatic N) is 1. The van der Waals surface area contributed by atoms with Crippen LogP contribution in [0.25, 0.3) is 0 Å². The Balaban J connectivity index is 1.64. The third-order valence-corrected chi connectivity index (χ3v) is 6.98. The summed E-state index contributed by atoms with van der Waals surface area (Å²) in [5.41, 5.74) is 0.863. The number of hydrogen-bond acceptors (Lipinski definition) is 5. The standard InChI is InChI=1S/C22H28N2O4S/c25-16-19-9-6-13-24(15-19)14-12-23-22(26)20-10-4-5-11-21(20)29(27,28)17-18-7-2-1-3-8-18/h1-5,7-8,10-11,19,25H,6,9,12-17H2,(H,23,26). The number of amides is 1. The fraction of sp³-hybridized carbons (Fsp3) is 0.409. The van der Waals surface area contributed by atoms with Crippen molar-refractivity contribution in [1.29, 1.82) is 0 Å². The van der Waals surface area contributed by atoms with Gasteiger partial charge in [-0.15, -0.1) is 0 Å². The molecule has 2 N–H and O–H groups in total. The molecular formula is C22H28N2O4S. The van der Waals surface area contributed by atoms with Crippen LogP contribution in [0.3, 0.4) is 0 Å². The first-order valence-electron chi connectivity index (χ1n) is 9.97. The minimum absolute atomic E-state index is 0.0553. The van der Waals surface area contributed by atoms with E-state index in [2.05, 4.69) is 10.2 Å². The minimum atomic E-state index is -3.64. The number of hydrogen-bond donors (Lipinski definition) is 2. The van der Waals surface area contributed by atoms with E-state index < -0.39 is 9.84 Å². The van der Waals surface area contributed by atoms with Crippen molar-refractivity contribution < 1.29 is 18.3 Å². The summed E-state index contributed by atoms with van der Waals surface area (Å²) in [6.45, 7) is 3.09. The van der Waals surface area contributed by atoms with Crippen molar-refractivity contribution in [2.75, 3.05) is 32.8 Å². The Kier molecular flexibility index (Phi) is 7.41. The molecule has 1 aliphatic heterocycles. The van der Waals surface area contributed by atoms with Gasteiger partial charge in [0.05, 0.1) is 16.2 Å². The van der Waals surface area contributed by atoms with Crippen molar-refractivity contribution in [2.45, 2.75) is 23.5 Å². The van der Waals surface area contributed by atoms with Gasteiger partial charge < -0.3 is 15.3 Å². The SMILES string of the molecule is O=C(NCCN1CCCC(CO)C1)c1ccccc1S(=O)(=O)Cc1ccccc1. The normalized spacial score (nSPS) is 17.8. The molecule has 1 saturated heterocycles. The van der Waals surface area contributed by atoms with Crippen LogP contribution in [0.2, 0.25) is 0 Å². The number of carbonyl (C=O) groups is 1. The summed E-state index contributed by atoms with van der Waals surface area (Å²) < 4.78 is 25.8. The highest BCUT2D eigenvalue weighted by Gasteiger charge is 2.23. The predicted octanol–water partition coefficient (Wildman–Crippen LogP) is 2.09. The lowest BCUT2D eigenvalue weighted by Crippen LogP contribution is -2.41. The monoisotopic (exact) mass is 416 g/mol. The molecule has 0 spiro atoms. The lowest BCUT2D eigenvalue weighted by Gasteiger charge is -2.31. The van der Waals surface area contributed by atoms with Gasteiger partial charge in [-0.25, -0.2) is 8.42 Å². The van der Waals surface area contributed by atoms with E-state index in [1.165, 1.54) is 6.07 Å². The smallest absolute Gasteiger partial charge is 0.252 e. The number of piperidine rings is 1. The van der Waals surface area contributed by atoms with Crippen molar-refractivity contribution in [3.05, 3.63) is 65.7 Å². The fourth-order valence-electron chi connectivity index (χ4n) is 3.72. The molecule has 1 heterocycles. The molecule has 7 heteroatoms. The fourth-order valence-corrected chi connectivity index (χ4v) is 5.29. The van der Waals surface area contributed by atoms with Gasteiger partial charge in [-0.05, 0) is 43.0 Å². The van der Waals surface area contributed by atoms with E-state index in [1.807, 2.05) is 6.07 Å². The van der Waals surface area contributed by atoms with Crippen LogP contribution in [0.5, 0.6) is 0 Å². The van der Waals surface area contributed by atoms with Gasteiger partial charge in [-0.1, -0.05) is 42.5 Å². The average Bonchev–Trinajstić information content (AvgIpc) is 2.74. The van der Waals surface area contributed by atoms with Crippen molar-refractivity contribution in [1.82, 2.24) is 10.2 Å². The molecule has 0 bridgehead atoms. The van der Waals surface area contributed by atoms with Crippen LogP contribution in [0, 0.1) is 5.92 Å². The van der Waals surface area contributed by atoms with Gasteiger partial charge in [-0.2, -0.15) is 0 Å². The highest BCUT2D eigenvalue weighted by Crippen LogP contribution is 2.21. The summed E-state index contributed by atoms with van der Waals surface area (Å²) in [5.74, 6) is -0.231. The number of benzene rings is 2. The van der Waals surface area contributed by atoms with Crippen molar-refractivity contribution in [2.24, 2.45) is 5.92 Å². The zero-order chi connectivity index (χ0) is 20.7. The lowest BCUT2D eigenvalue weighted by molar-refractivity contribution is 0.0927. The number of aliphatic hydroxyl groups is 1. The van der Waals surface area contributed by atoms with Gasteiger partial charge in [0, 0.05) is 26.2 Å². The van der Waals surface area contributed by atoms with Crippen LogP contribution in [-0.2, 0) is 15.6 Å². The second-order valence-corrected chi connectivity index (χ2v) is 9.45. The van der Waals surface area contributed by atoms with Gasteiger partial charge in [0.1, 0.15) is 0 Å². The molecule has 1 fully saturated rings. The van der Waals surface area contributed by atoms with E-state index in [0.29, 0.717) is 24.6 Å². The first kappa shape index (κ1) is 21.5. The van der Waals surface area contributed by atoms with Gasteiger partial charge in [0.2, 0.25) is 0 Å². The molecule has 0 aliphatic carbocycles. The molecule has 156 valence electrons. The molecule has 1 aliphatic rings. The molecule has 2 aromatic carbocycles. The van der Waals surface area contributed by atoms with Gasteiger partial charge in [-0.3, -0.25) is 4.79 Å². The number of aliphatic hydroxyl groups excluding tert-OH is 1. The Morgan fingerprint density at radius 3 is 2.59 bits per heavy atom. The topological polar surface area (TPSA) is 86.7 Å². The summed E-state index contributed by atoms with van der Waals surface area (Å²) in [5, 5.41) is 12.2. The largest absolute Gasteiger partial charge is 0.396 e. The quantitative estimate of drug-likeness (QED) is 0.688. The predicted molar refractivity (Wildman–Crippen MR) is 112 cm³/mol. The third kappa shape index (κ3) is 5.88. The molecule has 3 rings (SSSR count). The average molecular weight is 417 g/mol. The van der Waals surface area contributed by atoms with E-state index in [4.69, 9.17) is 0 Å². The second kappa shape index (κ2) is 10.0. The summed E-state index contributed by atoms with van der Waals surface area (Å²) in [7, 11) is -3.64. The number of carbonyl (C=O) groups excluding carboxylic acids is 1. The Labute approximate surface area is 172 Å².